The lowest BCUT2D eigenvalue weighted by Crippen LogP contribution is -2.30. The summed E-state index contributed by atoms with van der Waals surface area (Å²) < 4.78 is 44.7. The van der Waals surface area contributed by atoms with Gasteiger partial charge in [-0.2, -0.15) is 18.2 Å². The van der Waals surface area contributed by atoms with E-state index >= 15 is 0 Å². The van der Waals surface area contributed by atoms with E-state index in [-0.39, 0.29) is 30.1 Å². The van der Waals surface area contributed by atoms with E-state index in [0.717, 1.165) is 12.1 Å². The van der Waals surface area contributed by atoms with Crippen molar-refractivity contribution < 1.29 is 27.8 Å². The van der Waals surface area contributed by atoms with Crippen molar-refractivity contribution >= 4 is 35.0 Å². The summed E-state index contributed by atoms with van der Waals surface area (Å²) in [6, 6.07) is 9.98. The number of aliphatic hydroxyl groups is 1. The van der Waals surface area contributed by atoms with Crippen LogP contribution in [-0.2, 0) is 6.18 Å². The van der Waals surface area contributed by atoms with Crippen LogP contribution in [0.25, 0.3) is 0 Å². The van der Waals surface area contributed by atoms with Crippen molar-refractivity contribution in [3.05, 3.63) is 65.3 Å². The van der Waals surface area contributed by atoms with E-state index in [4.69, 9.17) is 16.3 Å². The molecule has 0 unspecified atom stereocenters. The predicted octanol–water partition coefficient (Wildman–Crippen LogP) is 6.01. The molecule has 1 heterocycles. The highest BCUT2D eigenvalue weighted by Crippen LogP contribution is 2.36. The van der Waals surface area contributed by atoms with Gasteiger partial charge in [-0.25, -0.2) is 9.78 Å². The van der Waals surface area contributed by atoms with Gasteiger partial charge in [0, 0.05) is 23.6 Å². The lowest BCUT2D eigenvalue weighted by atomic mass is 10.1. The minimum atomic E-state index is -4.64. The number of aromatic nitrogens is 2. The second-order valence-corrected chi connectivity index (χ2v) is 8.20. The molecule has 4 N–H and O–H groups in total. The lowest BCUT2D eigenvalue weighted by molar-refractivity contribution is -0.137. The van der Waals surface area contributed by atoms with Gasteiger partial charge in [-0.1, -0.05) is 25.4 Å². The number of ether oxygens (including phenoxy) is 1. The van der Waals surface area contributed by atoms with Crippen molar-refractivity contribution in [2.45, 2.75) is 26.1 Å². The molecular weight excluding hydrogens is 487 g/mol. The van der Waals surface area contributed by atoms with Gasteiger partial charge >= 0.3 is 12.2 Å². The van der Waals surface area contributed by atoms with Crippen LogP contribution in [0.15, 0.2) is 54.7 Å². The number of nitrogens with one attached hydrogen (secondary N) is 3. The first-order valence-electron chi connectivity index (χ1n) is 10.5. The summed E-state index contributed by atoms with van der Waals surface area (Å²) in [5.74, 6) is 1.16. The van der Waals surface area contributed by atoms with Crippen LogP contribution in [0.1, 0.15) is 19.4 Å². The Kier molecular flexibility index (Phi) is 8.36. The van der Waals surface area contributed by atoms with E-state index in [1.54, 1.807) is 30.3 Å². The highest BCUT2D eigenvalue weighted by atomic mass is 35.5. The second-order valence-electron chi connectivity index (χ2n) is 7.79. The van der Waals surface area contributed by atoms with Crippen molar-refractivity contribution in [2.75, 3.05) is 22.6 Å². The van der Waals surface area contributed by atoms with E-state index in [1.807, 2.05) is 13.8 Å². The highest BCUT2D eigenvalue weighted by molar-refractivity contribution is 6.31. The second kappa shape index (κ2) is 11.2. The molecule has 0 aliphatic carbocycles. The number of halogens is 4. The molecule has 1 aromatic heterocycles. The molecule has 1 atom stereocenters. The molecule has 2 aromatic carbocycles. The summed E-state index contributed by atoms with van der Waals surface area (Å²) in [5, 5.41) is 16.9. The molecule has 0 radical (unpaired) electrons. The van der Waals surface area contributed by atoms with Crippen LogP contribution < -0.4 is 20.7 Å². The van der Waals surface area contributed by atoms with Gasteiger partial charge in [-0.15, -0.1) is 0 Å². The van der Waals surface area contributed by atoms with Crippen LogP contribution in [0.2, 0.25) is 5.02 Å². The standard InChI is InChI=1S/C23H23ClF3N5O3/c1-13(2)19(12-33)31-21-28-10-9-20(32-21)35-16-6-3-14(4-7-16)29-22(34)30-15-5-8-18(24)17(11-15)23(25,26)27/h3-11,13,19,33H,12H2,1-2H3,(H,28,31,32)(H2,29,30,34)/t19-/m1/s1. The number of nitrogens with zero attached hydrogens (tertiary/aromatic N) is 2. The summed E-state index contributed by atoms with van der Waals surface area (Å²) in [6.45, 7) is 3.84. The van der Waals surface area contributed by atoms with Crippen LogP contribution >= 0.6 is 11.6 Å². The average Bonchev–Trinajstić information content (AvgIpc) is 2.79. The Morgan fingerprint density at radius 1 is 1.09 bits per heavy atom. The normalized spacial score (nSPS) is 12.2. The largest absolute Gasteiger partial charge is 0.439 e. The summed E-state index contributed by atoms with van der Waals surface area (Å²) in [4.78, 5) is 20.6. The van der Waals surface area contributed by atoms with Crippen molar-refractivity contribution in [1.82, 2.24) is 9.97 Å². The first-order chi connectivity index (χ1) is 16.5. The van der Waals surface area contributed by atoms with Gasteiger partial charge in [-0.3, -0.25) is 0 Å². The summed E-state index contributed by atoms with van der Waals surface area (Å²) >= 11 is 5.59. The third kappa shape index (κ3) is 7.46. The number of urea groups is 1. The van der Waals surface area contributed by atoms with Crippen molar-refractivity contribution in [3.8, 4) is 11.6 Å². The molecule has 3 rings (SSSR count). The van der Waals surface area contributed by atoms with Gasteiger partial charge in [0.2, 0.25) is 11.8 Å². The molecule has 12 heteroatoms. The van der Waals surface area contributed by atoms with Gasteiger partial charge in [0.1, 0.15) is 5.75 Å². The number of carbonyl (C=O) groups is 1. The fourth-order valence-electron chi connectivity index (χ4n) is 2.90. The maximum atomic E-state index is 13.0. The van der Waals surface area contributed by atoms with E-state index < -0.39 is 22.8 Å². The van der Waals surface area contributed by atoms with Crippen LogP contribution in [0.4, 0.5) is 35.3 Å². The molecule has 2 amide bonds. The Balaban J connectivity index is 1.60. The minimum Gasteiger partial charge on any atom is -0.439 e. The van der Waals surface area contributed by atoms with Gasteiger partial charge in [-0.05, 0) is 48.4 Å². The summed E-state index contributed by atoms with van der Waals surface area (Å²) in [6.07, 6.45) is -3.13. The zero-order valence-corrected chi connectivity index (χ0v) is 19.5. The monoisotopic (exact) mass is 509 g/mol. The van der Waals surface area contributed by atoms with E-state index in [1.165, 1.54) is 12.3 Å². The van der Waals surface area contributed by atoms with Crippen molar-refractivity contribution in [3.63, 3.8) is 0 Å². The first kappa shape index (κ1) is 26.0. The number of aliphatic hydroxyl groups excluding tert-OH is 1. The smallest absolute Gasteiger partial charge is 0.417 e. The molecule has 0 aliphatic heterocycles. The molecule has 0 bridgehead atoms. The molecule has 8 nitrogen and oxygen atoms in total. The van der Waals surface area contributed by atoms with Crippen LogP contribution in [-0.4, -0.2) is 33.8 Å². The average molecular weight is 510 g/mol. The maximum absolute atomic E-state index is 13.0. The van der Waals surface area contributed by atoms with Gasteiger partial charge in [0.05, 0.1) is 23.2 Å². The molecule has 35 heavy (non-hydrogen) atoms. The van der Waals surface area contributed by atoms with Gasteiger partial charge < -0.3 is 25.8 Å². The van der Waals surface area contributed by atoms with Crippen LogP contribution in [0, 0.1) is 5.92 Å². The van der Waals surface area contributed by atoms with Crippen LogP contribution in [0.5, 0.6) is 11.6 Å². The third-order valence-electron chi connectivity index (χ3n) is 4.81. The number of anilines is 3. The third-order valence-corrected chi connectivity index (χ3v) is 5.14. The molecule has 186 valence electrons. The fourth-order valence-corrected chi connectivity index (χ4v) is 3.12. The molecule has 0 saturated heterocycles. The number of rotatable bonds is 8. The maximum Gasteiger partial charge on any atom is 0.417 e. The molecule has 0 saturated carbocycles. The highest BCUT2D eigenvalue weighted by Gasteiger charge is 2.33. The van der Waals surface area contributed by atoms with Crippen molar-refractivity contribution in [1.29, 1.82) is 0 Å². The van der Waals surface area contributed by atoms with Crippen LogP contribution in [0.3, 0.4) is 0 Å². The Hall–Kier alpha value is -3.57. The fraction of sp³-hybridized carbons (Fsp3) is 0.261. The Labute approximate surface area is 204 Å². The van der Waals surface area contributed by atoms with E-state index in [2.05, 4.69) is 25.9 Å². The summed E-state index contributed by atoms with van der Waals surface area (Å²) in [5.41, 5.74) is -0.724. The van der Waals surface area contributed by atoms with Gasteiger partial charge in [0.25, 0.3) is 0 Å². The molecule has 0 fully saturated rings. The quantitative estimate of drug-likeness (QED) is 0.296. The molecule has 3 aromatic rings. The molecule has 0 spiro atoms. The first-order valence-corrected chi connectivity index (χ1v) is 10.9. The number of carbonyl (C=O) groups excluding carboxylic acids is 1. The zero-order chi connectivity index (χ0) is 25.6. The van der Waals surface area contributed by atoms with Crippen molar-refractivity contribution in [2.24, 2.45) is 5.92 Å². The summed E-state index contributed by atoms with van der Waals surface area (Å²) in [7, 11) is 0. The van der Waals surface area contributed by atoms with E-state index in [9.17, 15) is 23.1 Å². The van der Waals surface area contributed by atoms with Gasteiger partial charge in [0.15, 0.2) is 0 Å². The number of hydrogen-bond acceptors (Lipinski definition) is 6. The molecular formula is C23H23ClF3N5O3. The SMILES string of the molecule is CC(C)[C@@H](CO)Nc1nccc(Oc2ccc(NC(=O)Nc3ccc(Cl)c(C(F)(F)F)c3)cc2)n1. The number of benzene rings is 2. The lowest BCUT2D eigenvalue weighted by Gasteiger charge is -2.19. The molecule has 0 aliphatic rings. The minimum absolute atomic E-state index is 0.0618. The predicted molar refractivity (Wildman–Crippen MR) is 127 cm³/mol. The number of alkyl halides is 3. The zero-order valence-electron chi connectivity index (χ0n) is 18.7. The van der Waals surface area contributed by atoms with E-state index in [0.29, 0.717) is 17.4 Å². The Morgan fingerprint density at radius 2 is 1.74 bits per heavy atom. The Morgan fingerprint density at radius 3 is 2.37 bits per heavy atom. The topological polar surface area (TPSA) is 108 Å². The Bertz CT molecular complexity index is 1160. The number of amides is 2. The number of hydrogen-bond donors (Lipinski definition) is 4.